The summed E-state index contributed by atoms with van der Waals surface area (Å²) in [5, 5.41) is 8.61. The average molecular weight is 279 g/mol. The van der Waals surface area contributed by atoms with Gasteiger partial charge in [-0.1, -0.05) is 24.0 Å². The lowest BCUT2D eigenvalue weighted by atomic mass is 10.1. The van der Waals surface area contributed by atoms with Crippen LogP contribution in [0.5, 0.6) is 0 Å². The van der Waals surface area contributed by atoms with Gasteiger partial charge in [-0.25, -0.2) is 8.42 Å². The quantitative estimate of drug-likeness (QED) is 0.820. The Labute approximate surface area is 114 Å². The van der Waals surface area contributed by atoms with Crippen LogP contribution in [0.25, 0.3) is 0 Å². The van der Waals surface area contributed by atoms with E-state index in [1.54, 1.807) is 4.31 Å². The number of aliphatic hydroxyl groups is 1. The molecule has 2 rings (SSSR count). The van der Waals surface area contributed by atoms with Gasteiger partial charge < -0.3 is 5.11 Å². The SMILES string of the molecule is O=S1(=O)CCCCN1Cc1ccc(C#CCO)cc1. The smallest absolute Gasteiger partial charge is 0.214 e. The van der Waals surface area contributed by atoms with E-state index >= 15 is 0 Å². The highest BCUT2D eigenvalue weighted by Crippen LogP contribution is 2.17. The highest BCUT2D eigenvalue weighted by molar-refractivity contribution is 7.89. The number of benzene rings is 1. The molecule has 1 aromatic carbocycles. The van der Waals surface area contributed by atoms with Gasteiger partial charge in [-0.15, -0.1) is 0 Å². The zero-order valence-corrected chi connectivity index (χ0v) is 11.5. The second-order valence-corrected chi connectivity index (χ2v) is 6.60. The van der Waals surface area contributed by atoms with Crippen LogP contribution in [0.15, 0.2) is 24.3 Å². The van der Waals surface area contributed by atoms with Crippen molar-refractivity contribution in [2.45, 2.75) is 19.4 Å². The van der Waals surface area contributed by atoms with Gasteiger partial charge in [0.2, 0.25) is 10.0 Å². The van der Waals surface area contributed by atoms with Gasteiger partial charge in [0.05, 0.1) is 5.75 Å². The number of sulfonamides is 1. The third-order valence-electron chi connectivity index (χ3n) is 3.08. The molecular weight excluding hydrogens is 262 g/mol. The van der Waals surface area contributed by atoms with Gasteiger partial charge in [0.25, 0.3) is 0 Å². The Morgan fingerprint density at radius 2 is 1.95 bits per heavy atom. The Balaban J connectivity index is 2.07. The van der Waals surface area contributed by atoms with Crippen molar-refractivity contribution in [3.63, 3.8) is 0 Å². The van der Waals surface area contributed by atoms with Crippen molar-refractivity contribution in [2.24, 2.45) is 0 Å². The van der Waals surface area contributed by atoms with E-state index in [1.165, 1.54) is 0 Å². The summed E-state index contributed by atoms with van der Waals surface area (Å²) in [6.45, 7) is 0.873. The normalized spacial score (nSPS) is 18.6. The van der Waals surface area contributed by atoms with Crippen LogP contribution in [0.2, 0.25) is 0 Å². The summed E-state index contributed by atoms with van der Waals surface area (Å²) in [5.74, 6) is 5.64. The molecule has 19 heavy (non-hydrogen) atoms. The van der Waals surface area contributed by atoms with Gasteiger partial charge in [-0.2, -0.15) is 4.31 Å². The Morgan fingerprint density at radius 3 is 2.58 bits per heavy atom. The molecule has 5 heteroatoms. The summed E-state index contributed by atoms with van der Waals surface area (Å²) >= 11 is 0. The van der Waals surface area contributed by atoms with Crippen LogP contribution >= 0.6 is 0 Å². The standard InChI is InChI=1S/C14H17NO3S/c16-10-3-4-13-5-7-14(8-6-13)12-15-9-1-2-11-19(15,17)18/h5-8,16H,1-2,9-12H2. The molecule has 1 aromatic rings. The van der Waals surface area contributed by atoms with Crippen LogP contribution in [0.1, 0.15) is 24.0 Å². The van der Waals surface area contributed by atoms with E-state index in [4.69, 9.17) is 5.11 Å². The fraction of sp³-hybridized carbons (Fsp3) is 0.429. The maximum atomic E-state index is 11.9. The van der Waals surface area contributed by atoms with Gasteiger partial charge >= 0.3 is 0 Å². The Morgan fingerprint density at radius 1 is 1.21 bits per heavy atom. The summed E-state index contributed by atoms with van der Waals surface area (Å²) in [5.41, 5.74) is 1.78. The Hall–Kier alpha value is -1.35. The largest absolute Gasteiger partial charge is 0.384 e. The van der Waals surface area contributed by atoms with E-state index in [0.29, 0.717) is 13.1 Å². The molecule has 1 N–H and O–H groups in total. The number of rotatable bonds is 2. The minimum atomic E-state index is -3.07. The summed E-state index contributed by atoms with van der Waals surface area (Å²) < 4.78 is 25.3. The van der Waals surface area contributed by atoms with Crippen molar-refractivity contribution in [2.75, 3.05) is 18.9 Å². The summed E-state index contributed by atoms with van der Waals surface area (Å²) in [4.78, 5) is 0. The number of aliphatic hydroxyl groups excluding tert-OH is 1. The molecule has 1 heterocycles. The van der Waals surface area contributed by atoms with Crippen molar-refractivity contribution in [1.29, 1.82) is 0 Å². The minimum absolute atomic E-state index is 0.159. The third-order valence-corrected chi connectivity index (χ3v) is 4.98. The number of nitrogens with zero attached hydrogens (tertiary/aromatic N) is 1. The second-order valence-electron chi connectivity index (χ2n) is 4.51. The van der Waals surface area contributed by atoms with Crippen LogP contribution in [-0.4, -0.2) is 36.7 Å². The van der Waals surface area contributed by atoms with Crippen molar-refractivity contribution < 1.29 is 13.5 Å². The molecule has 1 fully saturated rings. The monoisotopic (exact) mass is 279 g/mol. The summed E-state index contributed by atoms with van der Waals surface area (Å²) in [7, 11) is -3.07. The molecule has 1 aliphatic heterocycles. The van der Waals surface area contributed by atoms with E-state index in [0.717, 1.165) is 24.0 Å². The van der Waals surface area contributed by atoms with E-state index in [-0.39, 0.29) is 12.4 Å². The molecule has 4 nitrogen and oxygen atoms in total. The lowest BCUT2D eigenvalue weighted by Crippen LogP contribution is -2.37. The van der Waals surface area contributed by atoms with Gasteiger partial charge in [-0.3, -0.25) is 0 Å². The van der Waals surface area contributed by atoms with Crippen molar-refractivity contribution >= 4 is 10.0 Å². The molecule has 0 amide bonds. The average Bonchev–Trinajstić information content (AvgIpc) is 2.40. The predicted molar refractivity (Wildman–Crippen MR) is 73.8 cm³/mol. The molecule has 0 spiro atoms. The highest BCUT2D eigenvalue weighted by Gasteiger charge is 2.25. The first kappa shape index (κ1) is 14.1. The van der Waals surface area contributed by atoms with Crippen molar-refractivity contribution in [1.82, 2.24) is 4.31 Å². The summed E-state index contributed by atoms with van der Waals surface area (Å²) in [6.07, 6.45) is 1.69. The lowest BCUT2D eigenvalue weighted by molar-refractivity contribution is 0.350. The van der Waals surface area contributed by atoms with Gasteiger partial charge in [0, 0.05) is 18.7 Å². The zero-order chi connectivity index (χ0) is 13.7. The van der Waals surface area contributed by atoms with E-state index in [9.17, 15) is 8.42 Å². The van der Waals surface area contributed by atoms with Gasteiger partial charge in [-0.05, 0) is 30.5 Å². The molecular formula is C14H17NO3S. The fourth-order valence-corrected chi connectivity index (χ4v) is 3.64. The molecule has 0 aliphatic carbocycles. The van der Waals surface area contributed by atoms with E-state index in [2.05, 4.69) is 11.8 Å². The summed E-state index contributed by atoms with van der Waals surface area (Å²) in [6, 6.07) is 7.44. The van der Waals surface area contributed by atoms with Gasteiger partial charge in [0.15, 0.2) is 0 Å². The Kier molecular flexibility index (Phi) is 4.59. The molecule has 0 aromatic heterocycles. The molecule has 0 atom stereocenters. The van der Waals surface area contributed by atoms with Gasteiger partial charge in [0.1, 0.15) is 6.61 Å². The minimum Gasteiger partial charge on any atom is -0.384 e. The molecule has 102 valence electrons. The molecule has 1 saturated heterocycles. The maximum absolute atomic E-state index is 11.9. The van der Waals surface area contributed by atoms with E-state index in [1.807, 2.05) is 24.3 Å². The van der Waals surface area contributed by atoms with Crippen molar-refractivity contribution in [3.8, 4) is 11.8 Å². The highest BCUT2D eigenvalue weighted by atomic mass is 32.2. The molecule has 0 bridgehead atoms. The van der Waals surface area contributed by atoms with E-state index < -0.39 is 10.0 Å². The first-order valence-electron chi connectivity index (χ1n) is 6.28. The van der Waals surface area contributed by atoms with Crippen LogP contribution in [0.3, 0.4) is 0 Å². The Bertz CT molecular complexity index is 581. The number of hydrogen-bond acceptors (Lipinski definition) is 3. The zero-order valence-electron chi connectivity index (χ0n) is 10.7. The predicted octanol–water partition coefficient (Wildman–Crippen LogP) is 0.956. The molecule has 0 saturated carbocycles. The lowest BCUT2D eigenvalue weighted by Gasteiger charge is -2.26. The molecule has 0 radical (unpaired) electrons. The van der Waals surface area contributed by atoms with Crippen LogP contribution in [0.4, 0.5) is 0 Å². The van der Waals surface area contributed by atoms with Crippen LogP contribution in [0, 0.1) is 11.8 Å². The molecule has 1 aliphatic rings. The maximum Gasteiger partial charge on any atom is 0.214 e. The van der Waals surface area contributed by atoms with Crippen LogP contribution in [-0.2, 0) is 16.6 Å². The van der Waals surface area contributed by atoms with Crippen LogP contribution < -0.4 is 0 Å². The molecule has 0 unspecified atom stereocenters. The fourth-order valence-electron chi connectivity index (χ4n) is 2.06. The first-order chi connectivity index (χ1) is 9.12. The van der Waals surface area contributed by atoms with Crippen molar-refractivity contribution in [3.05, 3.63) is 35.4 Å². The number of hydrogen-bond donors (Lipinski definition) is 1. The second kappa shape index (κ2) is 6.20. The third kappa shape index (κ3) is 3.80. The topological polar surface area (TPSA) is 57.6 Å². The first-order valence-corrected chi connectivity index (χ1v) is 7.89.